The number of amides is 1. The van der Waals surface area contributed by atoms with Crippen molar-refractivity contribution in [2.75, 3.05) is 5.75 Å². The summed E-state index contributed by atoms with van der Waals surface area (Å²) in [6.07, 6.45) is 1.08. The van der Waals surface area contributed by atoms with Crippen LogP contribution in [0.5, 0.6) is 0 Å². The Kier molecular flexibility index (Phi) is 6.11. The molecule has 0 radical (unpaired) electrons. The van der Waals surface area contributed by atoms with Crippen LogP contribution in [0.3, 0.4) is 0 Å². The summed E-state index contributed by atoms with van der Waals surface area (Å²) in [5.41, 5.74) is 9.02. The van der Waals surface area contributed by atoms with E-state index in [-0.39, 0.29) is 18.5 Å². The third-order valence-corrected chi connectivity index (χ3v) is 5.82. The molecular formula is C15H26N4O4S. The number of nitrogens with one attached hydrogen (secondary N) is 1. The van der Waals surface area contributed by atoms with Gasteiger partial charge in [0.05, 0.1) is 11.0 Å². The Bertz CT molecular complexity index is 740. The van der Waals surface area contributed by atoms with Crippen LogP contribution in [0.2, 0.25) is 0 Å². The number of H-pyrrole nitrogens is 1. The topological polar surface area (TPSA) is 149 Å². The Morgan fingerprint density at radius 2 is 1.92 bits per heavy atom. The summed E-state index contributed by atoms with van der Waals surface area (Å²) in [4.78, 5) is 24.5. The van der Waals surface area contributed by atoms with Crippen molar-refractivity contribution in [1.82, 2.24) is 10.2 Å². The van der Waals surface area contributed by atoms with Crippen molar-refractivity contribution in [3.05, 3.63) is 17.5 Å². The quantitative estimate of drug-likeness (QED) is 0.408. The van der Waals surface area contributed by atoms with E-state index in [2.05, 4.69) is 10.2 Å². The number of rotatable bonds is 10. The van der Waals surface area contributed by atoms with Crippen molar-refractivity contribution in [1.29, 1.82) is 0 Å². The SMILES string of the molecule is [2H]C(CCC)(CCC)S(=O)(=O)C[C@](N)(C(N)=O)C(=O)c1cc(C)[nH]n1. The number of aryl methyl sites for hydroxylation is 1. The van der Waals surface area contributed by atoms with E-state index in [0.29, 0.717) is 18.5 Å². The average Bonchev–Trinajstić information content (AvgIpc) is 2.92. The van der Waals surface area contributed by atoms with Gasteiger partial charge in [0.2, 0.25) is 11.7 Å². The van der Waals surface area contributed by atoms with Gasteiger partial charge < -0.3 is 11.5 Å². The first-order valence-electron chi connectivity index (χ1n) is 8.31. The molecule has 0 aliphatic rings. The summed E-state index contributed by atoms with van der Waals surface area (Å²) in [5, 5.41) is 4.43. The van der Waals surface area contributed by atoms with E-state index in [1.807, 2.05) is 0 Å². The number of hydrogen-bond donors (Lipinski definition) is 3. The predicted molar refractivity (Wildman–Crippen MR) is 91.2 cm³/mol. The molecule has 1 aromatic heterocycles. The van der Waals surface area contributed by atoms with Gasteiger partial charge in [0.1, 0.15) is 5.69 Å². The van der Waals surface area contributed by atoms with E-state index in [1.54, 1.807) is 20.8 Å². The largest absolute Gasteiger partial charge is 0.368 e. The van der Waals surface area contributed by atoms with Gasteiger partial charge in [0.15, 0.2) is 15.4 Å². The van der Waals surface area contributed by atoms with E-state index in [1.165, 1.54) is 6.07 Å². The molecule has 0 aromatic carbocycles. The number of carbonyl (C=O) groups excluding carboxylic acids is 2. The maximum absolute atomic E-state index is 12.8. The minimum Gasteiger partial charge on any atom is -0.368 e. The smallest absolute Gasteiger partial charge is 0.246 e. The standard InChI is InChI=1S/C15H26N4O4S/c1-4-6-11(7-5-2)24(22,23)9-15(17,14(16)21)13(20)12-8-10(3)18-19-12/h8,11H,4-7,9,17H2,1-3H3,(H2,16,21)(H,18,19)/t15-/m1/s1/i11D. The molecule has 1 amide bonds. The maximum atomic E-state index is 12.8. The zero-order valence-electron chi connectivity index (χ0n) is 15.3. The molecule has 0 bridgehead atoms. The second-order valence-corrected chi connectivity index (χ2v) is 7.99. The van der Waals surface area contributed by atoms with Crippen molar-refractivity contribution in [3.63, 3.8) is 0 Å². The molecule has 1 heterocycles. The second-order valence-electron chi connectivity index (χ2n) is 5.90. The van der Waals surface area contributed by atoms with Gasteiger partial charge in [-0.15, -0.1) is 0 Å². The van der Waals surface area contributed by atoms with Crippen LogP contribution in [-0.2, 0) is 14.6 Å². The lowest BCUT2D eigenvalue weighted by Crippen LogP contribution is -2.63. The number of nitrogens with zero attached hydrogens (tertiary/aromatic N) is 1. The summed E-state index contributed by atoms with van der Waals surface area (Å²) < 4.78 is 34.0. The minimum atomic E-state index is -4.21. The van der Waals surface area contributed by atoms with Gasteiger partial charge in [-0.3, -0.25) is 14.7 Å². The lowest BCUT2D eigenvalue weighted by atomic mass is 9.94. The number of sulfone groups is 1. The first-order valence-corrected chi connectivity index (χ1v) is 9.46. The highest BCUT2D eigenvalue weighted by molar-refractivity contribution is 7.92. The third kappa shape index (κ3) is 4.41. The number of primary amides is 1. The minimum absolute atomic E-state index is 0.0771. The molecule has 0 spiro atoms. The number of Topliss-reactive ketones (excluding diaryl/α,β-unsaturated/α-hetero) is 1. The first kappa shape index (κ1) is 18.6. The molecule has 0 aliphatic heterocycles. The van der Waals surface area contributed by atoms with E-state index in [0.717, 1.165) is 0 Å². The monoisotopic (exact) mass is 359 g/mol. The van der Waals surface area contributed by atoms with Gasteiger partial charge in [-0.2, -0.15) is 5.10 Å². The average molecular weight is 359 g/mol. The molecule has 0 aliphatic carbocycles. The van der Waals surface area contributed by atoms with Gasteiger partial charge in [-0.25, -0.2) is 8.42 Å². The fourth-order valence-corrected chi connectivity index (χ4v) is 4.51. The third-order valence-electron chi connectivity index (χ3n) is 3.70. The molecule has 1 atom stereocenters. The molecule has 1 aromatic rings. The number of nitrogens with two attached hydrogens (primary N) is 2. The van der Waals surface area contributed by atoms with Crippen LogP contribution in [0.1, 0.15) is 57.1 Å². The molecule has 0 saturated carbocycles. The van der Waals surface area contributed by atoms with Gasteiger partial charge in [0, 0.05) is 7.06 Å². The van der Waals surface area contributed by atoms with Crippen LogP contribution < -0.4 is 11.5 Å². The van der Waals surface area contributed by atoms with Crippen LogP contribution in [0.25, 0.3) is 0 Å². The van der Waals surface area contributed by atoms with Crippen molar-refractivity contribution in [2.45, 2.75) is 57.2 Å². The predicted octanol–water partition coefficient (Wildman–Crippen LogP) is 0.467. The summed E-state index contributed by atoms with van der Waals surface area (Å²) in [5.74, 6) is -3.27. The van der Waals surface area contributed by atoms with Crippen molar-refractivity contribution in [2.24, 2.45) is 11.5 Å². The number of carbonyl (C=O) groups is 2. The zero-order chi connectivity index (χ0) is 19.5. The summed E-state index contributed by atoms with van der Waals surface area (Å²) in [7, 11) is -4.21. The van der Waals surface area contributed by atoms with E-state index in [4.69, 9.17) is 12.8 Å². The Labute approximate surface area is 143 Å². The molecule has 1 rings (SSSR count). The normalized spacial score (nSPS) is 15.6. The highest BCUT2D eigenvalue weighted by Gasteiger charge is 2.47. The molecule has 0 fully saturated rings. The summed E-state index contributed by atoms with van der Waals surface area (Å²) in [6.45, 7) is 5.16. The molecule has 8 nitrogen and oxygen atoms in total. The zero-order valence-corrected chi connectivity index (χ0v) is 15.1. The van der Waals surface area contributed by atoms with E-state index in [9.17, 15) is 18.0 Å². The van der Waals surface area contributed by atoms with Crippen LogP contribution in [-0.4, -0.2) is 46.8 Å². The van der Waals surface area contributed by atoms with Crippen LogP contribution in [0.4, 0.5) is 0 Å². The fourth-order valence-electron chi connectivity index (χ4n) is 2.41. The highest BCUT2D eigenvalue weighted by atomic mass is 32.2. The fraction of sp³-hybridized carbons (Fsp3) is 0.667. The molecular weight excluding hydrogens is 332 g/mol. The van der Waals surface area contributed by atoms with Crippen molar-refractivity contribution >= 4 is 21.5 Å². The number of aromatic nitrogens is 2. The van der Waals surface area contributed by atoms with Crippen LogP contribution >= 0.6 is 0 Å². The Morgan fingerprint density at radius 1 is 1.38 bits per heavy atom. The molecule has 24 heavy (non-hydrogen) atoms. The summed E-state index contributed by atoms with van der Waals surface area (Å²) in [6, 6.07) is 1.35. The van der Waals surface area contributed by atoms with Gasteiger partial charge in [-0.1, -0.05) is 26.7 Å². The molecule has 9 heteroatoms. The van der Waals surface area contributed by atoms with Crippen LogP contribution in [0.15, 0.2) is 6.07 Å². The van der Waals surface area contributed by atoms with Gasteiger partial charge >= 0.3 is 0 Å². The number of aromatic amines is 1. The molecule has 136 valence electrons. The highest BCUT2D eigenvalue weighted by Crippen LogP contribution is 2.21. The van der Waals surface area contributed by atoms with Gasteiger partial charge in [0.25, 0.3) is 0 Å². The Hall–Kier alpha value is -1.74. The van der Waals surface area contributed by atoms with E-state index < -0.39 is 38.0 Å². The molecule has 0 unspecified atom stereocenters. The number of ketones is 1. The lowest BCUT2D eigenvalue weighted by molar-refractivity contribution is -0.120. The lowest BCUT2D eigenvalue weighted by Gasteiger charge is -2.26. The van der Waals surface area contributed by atoms with Crippen molar-refractivity contribution in [3.8, 4) is 0 Å². The first-order chi connectivity index (χ1) is 11.4. The van der Waals surface area contributed by atoms with E-state index >= 15 is 0 Å². The number of hydrogen-bond acceptors (Lipinski definition) is 6. The Balaban J connectivity index is 3.31. The van der Waals surface area contributed by atoms with Gasteiger partial charge in [-0.05, 0) is 25.8 Å². The second kappa shape index (κ2) is 7.89. The maximum Gasteiger partial charge on any atom is 0.246 e. The van der Waals surface area contributed by atoms with Crippen molar-refractivity contribution < 1.29 is 19.4 Å². The summed E-state index contributed by atoms with van der Waals surface area (Å²) >= 11 is 0. The molecule has 0 saturated heterocycles. The molecule has 5 N–H and O–H groups in total. The Morgan fingerprint density at radius 3 is 2.29 bits per heavy atom. The van der Waals surface area contributed by atoms with Crippen LogP contribution in [0, 0.1) is 6.92 Å².